The molecule has 1 aliphatic carbocycles. The van der Waals surface area contributed by atoms with Gasteiger partial charge in [0.15, 0.2) is 0 Å². The number of hydrogen-bond donors (Lipinski definition) is 3. The van der Waals surface area contributed by atoms with E-state index in [2.05, 4.69) is 10.4 Å². The first kappa shape index (κ1) is 15.5. The topological polar surface area (TPSA) is 93.2 Å². The molecule has 2 aromatic rings. The van der Waals surface area contributed by atoms with Gasteiger partial charge in [0.05, 0.1) is 28.4 Å². The van der Waals surface area contributed by atoms with Crippen LogP contribution in [0.2, 0.25) is 5.02 Å². The van der Waals surface area contributed by atoms with Gasteiger partial charge in [-0.1, -0.05) is 23.7 Å². The molecule has 2 heterocycles. The number of aliphatic hydroxyl groups excluding tert-OH is 1. The van der Waals surface area contributed by atoms with Gasteiger partial charge >= 0.3 is 0 Å². The van der Waals surface area contributed by atoms with Crippen molar-refractivity contribution < 1.29 is 9.90 Å². The number of nitrogens with two attached hydrogens (primary N) is 1. The van der Waals surface area contributed by atoms with Crippen molar-refractivity contribution in [1.29, 1.82) is 0 Å². The van der Waals surface area contributed by atoms with Crippen LogP contribution in [0, 0.1) is 0 Å². The number of carbonyl (C=O) groups is 1. The second kappa shape index (κ2) is 5.79. The minimum Gasteiger partial charge on any atom is -0.393 e. The van der Waals surface area contributed by atoms with Gasteiger partial charge in [0.1, 0.15) is 5.82 Å². The Labute approximate surface area is 144 Å². The average molecular weight is 347 g/mol. The average Bonchev–Trinajstić information content (AvgIpc) is 2.90. The molecule has 1 aromatic heterocycles. The molecule has 0 fully saturated rings. The Morgan fingerprint density at radius 2 is 2.25 bits per heavy atom. The Balaban J connectivity index is 1.75. The lowest BCUT2D eigenvalue weighted by molar-refractivity contribution is 0.0846. The quantitative estimate of drug-likeness (QED) is 0.736. The Morgan fingerprint density at radius 3 is 3.08 bits per heavy atom. The minimum atomic E-state index is -0.449. The number of halogens is 1. The van der Waals surface area contributed by atoms with Crippen molar-refractivity contribution in [1.82, 2.24) is 9.78 Å². The fourth-order valence-corrected chi connectivity index (χ4v) is 3.97. The van der Waals surface area contributed by atoms with Crippen LogP contribution in [-0.2, 0) is 12.8 Å². The van der Waals surface area contributed by atoms with Crippen LogP contribution < -0.4 is 11.1 Å². The van der Waals surface area contributed by atoms with E-state index in [4.69, 9.17) is 17.3 Å². The standard InChI is InChI=1S/C17H19ClN4O2/c18-13-3-1-2-10-11(6-7-20-15(10)13)17(24)22-14-8-9(23)4-5-12(14)16(19)21-22/h1-3,9,11,20,23H,4-8H2,(H2,19,21). The predicted octanol–water partition coefficient (Wildman–Crippen LogP) is 2.21. The number of rotatable bonds is 1. The van der Waals surface area contributed by atoms with E-state index in [0.717, 1.165) is 22.5 Å². The number of nitrogens with zero attached hydrogens (tertiary/aromatic N) is 2. The molecular formula is C17H19ClN4O2. The Kier molecular flexibility index (Phi) is 3.73. The molecule has 0 bridgehead atoms. The summed E-state index contributed by atoms with van der Waals surface area (Å²) in [6.07, 6.45) is 1.95. The maximum atomic E-state index is 13.2. The van der Waals surface area contributed by atoms with Gasteiger partial charge in [0, 0.05) is 18.5 Å². The van der Waals surface area contributed by atoms with Crippen molar-refractivity contribution >= 4 is 29.0 Å². The van der Waals surface area contributed by atoms with Crippen LogP contribution in [0.25, 0.3) is 0 Å². The summed E-state index contributed by atoms with van der Waals surface area (Å²) < 4.78 is 1.41. The van der Waals surface area contributed by atoms with Gasteiger partial charge in [-0.3, -0.25) is 4.79 Å². The second-order valence-electron chi connectivity index (χ2n) is 6.43. The number of anilines is 2. The minimum absolute atomic E-state index is 0.109. The van der Waals surface area contributed by atoms with E-state index >= 15 is 0 Å². The van der Waals surface area contributed by atoms with Crippen LogP contribution in [0.3, 0.4) is 0 Å². The Morgan fingerprint density at radius 1 is 1.42 bits per heavy atom. The monoisotopic (exact) mass is 346 g/mol. The van der Waals surface area contributed by atoms with Crippen molar-refractivity contribution in [3.63, 3.8) is 0 Å². The normalized spacial score (nSPS) is 22.4. The summed E-state index contributed by atoms with van der Waals surface area (Å²) >= 11 is 6.25. The first-order chi connectivity index (χ1) is 11.6. The van der Waals surface area contributed by atoms with Crippen molar-refractivity contribution in [2.45, 2.75) is 37.7 Å². The highest BCUT2D eigenvalue weighted by Crippen LogP contribution is 2.38. The Hall–Kier alpha value is -2.05. The molecule has 126 valence electrons. The molecule has 0 amide bonds. The maximum absolute atomic E-state index is 13.2. The smallest absolute Gasteiger partial charge is 0.254 e. The van der Waals surface area contributed by atoms with Crippen LogP contribution in [0.5, 0.6) is 0 Å². The first-order valence-corrected chi connectivity index (χ1v) is 8.55. The number of benzene rings is 1. The Bertz CT molecular complexity index is 817. The third kappa shape index (κ3) is 2.37. The van der Waals surface area contributed by atoms with Crippen LogP contribution in [0.4, 0.5) is 11.5 Å². The van der Waals surface area contributed by atoms with E-state index in [1.54, 1.807) is 0 Å². The predicted molar refractivity (Wildman–Crippen MR) is 92.6 cm³/mol. The SMILES string of the molecule is Nc1nn(C(=O)C2CCNc3c(Cl)cccc32)c2c1CCC(O)C2. The summed E-state index contributed by atoms with van der Waals surface area (Å²) in [4.78, 5) is 13.2. The highest BCUT2D eigenvalue weighted by molar-refractivity contribution is 6.33. The van der Waals surface area contributed by atoms with Crippen molar-refractivity contribution in [3.8, 4) is 0 Å². The maximum Gasteiger partial charge on any atom is 0.254 e. The molecule has 1 aliphatic heterocycles. The molecule has 0 saturated carbocycles. The van der Waals surface area contributed by atoms with Gasteiger partial charge in [-0.05, 0) is 30.9 Å². The van der Waals surface area contributed by atoms with Crippen molar-refractivity contribution in [2.24, 2.45) is 0 Å². The third-order valence-corrected chi connectivity index (χ3v) is 5.26. The summed E-state index contributed by atoms with van der Waals surface area (Å²) in [7, 11) is 0. The highest BCUT2D eigenvalue weighted by atomic mass is 35.5. The summed E-state index contributed by atoms with van der Waals surface area (Å²) in [5, 5.41) is 18.1. The zero-order valence-electron chi connectivity index (χ0n) is 13.1. The van der Waals surface area contributed by atoms with Crippen molar-refractivity contribution in [3.05, 3.63) is 40.0 Å². The van der Waals surface area contributed by atoms with Gasteiger partial charge in [-0.2, -0.15) is 0 Å². The summed E-state index contributed by atoms with van der Waals surface area (Å²) in [5.74, 6) is -0.0324. The van der Waals surface area contributed by atoms with E-state index in [1.165, 1.54) is 4.68 Å². The van der Waals surface area contributed by atoms with Gasteiger partial charge < -0.3 is 16.2 Å². The molecule has 2 aliphatic rings. The van der Waals surface area contributed by atoms with E-state index in [9.17, 15) is 9.90 Å². The molecule has 6 nitrogen and oxygen atoms in total. The molecule has 4 N–H and O–H groups in total. The zero-order valence-corrected chi connectivity index (χ0v) is 13.9. The number of aliphatic hydroxyl groups is 1. The largest absolute Gasteiger partial charge is 0.393 e. The van der Waals surface area contributed by atoms with Gasteiger partial charge in [0.2, 0.25) is 0 Å². The summed E-state index contributed by atoms with van der Waals surface area (Å²) in [6.45, 7) is 0.675. The zero-order chi connectivity index (χ0) is 16.8. The lowest BCUT2D eigenvalue weighted by Gasteiger charge is -2.27. The molecule has 2 atom stereocenters. The molecule has 0 saturated heterocycles. The third-order valence-electron chi connectivity index (χ3n) is 4.94. The molecule has 24 heavy (non-hydrogen) atoms. The number of para-hydroxylation sites is 1. The fraction of sp³-hybridized carbons (Fsp3) is 0.412. The van der Waals surface area contributed by atoms with Gasteiger partial charge in [0.25, 0.3) is 5.91 Å². The number of aromatic nitrogens is 2. The van der Waals surface area contributed by atoms with Gasteiger partial charge in [-0.15, -0.1) is 5.10 Å². The molecule has 0 spiro atoms. The van der Waals surface area contributed by atoms with E-state index in [1.807, 2.05) is 18.2 Å². The summed E-state index contributed by atoms with van der Waals surface area (Å²) in [6, 6.07) is 5.58. The molecule has 7 heteroatoms. The lowest BCUT2D eigenvalue weighted by atomic mass is 9.89. The van der Waals surface area contributed by atoms with E-state index in [-0.39, 0.29) is 11.8 Å². The number of carbonyl (C=O) groups excluding carboxylic acids is 1. The number of nitrogens with one attached hydrogen (secondary N) is 1. The van der Waals surface area contributed by atoms with Crippen LogP contribution >= 0.6 is 11.6 Å². The number of hydrogen-bond acceptors (Lipinski definition) is 5. The molecular weight excluding hydrogens is 328 g/mol. The molecule has 0 radical (unpaired) electrons. The number of fused-ring (bicyclic) bond motifs is 2. The van der Waals surface area contributed by atoms with Gasteiger partial charge in [-0.25, -0.2) is 4.68 Å². The summed E-state index contributed by atoms with van der Waals surface area (Å²) in [5.41, 5.74) is 9.34. The highest BCUT2D eigenvalue weighted by Gasteiger charge is 2.33. The second-order valence-corrected chi connectivity index (χ2v) is 6.84. The van der Waals surface area contributed by atoms with E-state index < -0.39 is 6.10 Å². The molecule has 1 aromatic carbocycles. The molecule has 4 rings (SSSR count). The first-order valence-electron chi connectivity index (χ1n) is 8.17. The van der Waals surface area contributed by atoms with Crippen LogP contribution in [-0.4, -0.2) is 33.4 Å². The van der Waals surface area contributed by atoms with Crippen LogP contribution in [0.1, 0.15) is 40.4 Å². The number of nitrogen functional groups attached to an aromatic ring is 1. The van der Waals surface area contributed by atoms with E-state index in [0.29, 0.717) is 43.1 Å². The molecule has 2 unspecified atom stereocenters. The lowest BCUT2D eigenvalue weighted by Crippen LogP contribution is -2.30. The van der Waals surface area contributed by atoms with Crippen molar-refractivity contribution in [2.75, 3.05) is 17.6 Å². The fourth-order valence-electron chi connectivity index (χ4n) is 3.72. The van der Waals surface area contributed by atoms with Crippen LogP contribution in [0.15, 0.2) is 18.2 Å².